The zero-order valence-electron chi connectivity index (χ0n) is 17.1. The van der Waals surface area contributed by atoms with E-state index in [2.05, 4.69) is 29.1 Å². The van der Waals surface area contributed by atoms with Crippen LogP contribution < -0.4 is 5.32 Å². The van der Waals surface area contributed by atoms with Crippen molar-refractivity contribution < 1.29 is 9.53 Å². The van der Waals surface area contributed by atoms with E-state index in [0.29, 0.717) is 5.92 Å². The second kappa shape index (κ2) is 10.6. The smallest absolute Gasteiger partial charge is 0.410 e. The van der Waals surface area contributed by atoms with Crippen LogP contribution in [0, 0.1) is 5.92 Å². The van der Waals surface area contributed by atoms with Crippen LogP contribution in [0.25, 0.3) is 0 Å². The Bertz CT molecular complexity index is 467. The summed E-state index contributed by atoms with van der Waals surface area (Å²) in [6, 6.07) is 0.274. The lowest BCUT2D eigenvalue weighted by molar-refractivity contribution is 0.00929. The number of ether oxygens (including phenoxy) is 1. The van der Waals surface area contributed by atoms with Gasteiger partial charge in [0.05, 0.1) is 0 Å². The molecule has 26 heavy (non-hydrogen) atoms. The standard InChI is InChI=1S/C19H36N4O2.HI/c1-6-20-17(21-7-2)22-12-10-16(11-13-22)23(14-15-8-9-15)18(24)25-19(3,4)5;/h15-16H,6-14H2,1-5H3,(H,20,21);1H. The fourth-order valence-corrected chi connectivity index (χ4v) is 3.24. The first-order valence-corrected chi connectivity index (χ1v) is 9.87. The number of likely N-dealkylation sites (tertiary alicyclic amines) is 1. The van der Waals surface area contributed by atoms with Crippen LogP contribution >= 0.6 is 24.0 Å². The van der Waals surface area contributed by atoms with Gasteiger partial charge in [-0.3, -0.25) is 4.99 Å². The van der Waals surface area contributed by atoms with E-state index in [1.54, 1.807) is 0 Å². The summed E-state index contributed by atoms with van der Waals surface area (Å²) in [5, 5.41) is 3.36. The maximum absolute atomic E-state index is 12.7. The van der Waals surface area contributed by atoms with Crippen molar-refractivity contribution in [2.45, 2.75) is 71.9 Å². The molecule has 1 saturated carbocycles. The van der Waals surface area contributed by atoms with Crippen LogP contribution in [-0.4, -0.2) is 66.2 Å². The van der Waals surface area contributed by atoms with Crippen LogP contribution in [0.3, 0.4) is 0 Å². The molecule has 1 N–H and O–H groups in total. The number of amides is 1. The molecule has 152 valence electrons. The summed E-state index contributed by atoms with van der Waals surface area (Å²) in [6.45, 7) is 14.3. The molecule has 7 heteroatoms. The lowest BCUT2D eigenvalue weighted by Gasteiger charge is -2.40. The molecule has 1 aliphatic heterocycles. The summed E-state index contributed by atoms with van der Waals surface area (Å²) in [6.07, 6.45) is 4.28. The minimum atomic E-state index is -0.439. The maximum atomic E-state index is 12.7. The Hall–Kier alpha value is -0.730. The summed E-state index contributed by atoms with van der Waals surface area (Å²) < 4.78 is 5.67. The summed E-state index contributed by atoms with van der Waals surface area (Å²) in [7, 11) is 0. The second-order valence-electron chi connectivity index (χ2n) is 8.12. The average Bonchev–Trinajstić information content (AvgIpc) is 3.35. The van der Waals surface area contributed by atoms with Gasteiger partial charge in [0.25, 0.3) is 0 Å². The zero-order valence-corrected chi connectivity index (χ0v) is 19.4. The molecule has 0 aromatic heterocycles. The number of hydrogen-bond acceptors (Lipinski definition) is 3. The predicted octanol–water partition coefficient (Wildman–Crippen LogP) is 3.70. The molecule has 0 aromatic rings. The highest BCUT2D eigenvalue weighted by atomic mass is 127. The number of hydrogen-bond donors (Lipinski definition) is 1. The van der Waals surface area contributed by atoms with E-state index in [-0.39, 0.29) is 36.1 Å². The van der Waals surface area contributed by atoms with Gasteiger partial charge in [0, 0.05) is 38.8 Å². The van der Waals surface area contributed by atoms with Gasteiger partial charge >= 0.3 is 6.09 Å². The minimum Gasteiger partial charge on any atom is -0.444 e. The number of nitrogens with one attached hydrogen (secondary N) is 1. The second-order valence-corrected chi connectivity index (χ2v) is 8.12. The van der Waals surface area contributed by atoms with Gasteiger partial charge in [-0.05, 0) is 66.2 Å². The molecule has 0 radical (unpaired) electrons. The Balaban J connectivity index is 0.00000338. The van der Waals surface area contributed by atoms with Gasteiger partial charge in [-0.15, -0.1) is 24.0 Å². The average molecular weight is 480 g/mol. The molecular formula is C19H37IN4O2. The summed E-state index contributed by atoms with van der Waals surface area (Å²) in [4.78, 5) is 21.6. The molecule has 0 aromatic carbocycles. The van der Waals surface area contributed by atoms with Crippen molar-refractivity contribution in [2.24, 2.45) is 10.9 Å². The highest BCUT2D eigenvalue weighted by Gasteiger charge is 2.35. The van der Waals surface area contributed by atoms with Crippen LogP contribution in [-0.2, 0) is 4.74 Å². The van der Waals surface area contributed by atoms with Crippen molar-refractivity contribution in [1.82, 2.24) is 15.1 Å². The molecule has 1 amide bonds. The van der Waals surface area contributed by atoms with Crippen LogP contribution in [0.1, 0.15) is 60.3 Å². The predicted molar refractivity (Wildman–Crippen MR) is 117 cm³/mol. The zero-order chi connectivity index (χ0) is 18.4. The third-order valence-corrected chi connectivity index (χ3v) is 4.63. The number of rotatable bonds is 5. The highest BCUT2D eigenvalue weighted by Crippen LogP contribution is 2.32. The van der Waals surface area contributed by atoms with Crippen molar-refractivity contribution in [1.29, 1.82) is 0 Å². The molecule has 1 heterocycles. The Kier molecular flexibility index (Phi) is 9.47. The summed E-state index contributed by atoms with van der Waals surface area (Å²) >= 11 is 0. The van der Waals surface area contributed by atoms with E-state index in [4.69, 9.17) is 4.74 Å². The van der Waals surface area contributed by atoms with Gasteiger partial charge in [-0.1, -0.05) is 0 Å². The van der Waals surface area contributed by atoms with E-state index >= 15 is 0 Å². The van der Waals surface area contributed by atoms with E-state index in [0.717, 1.165) is 51.5 Å². The van der Waals surface area contributed by atoms with Crippen molar-refractivity contribution >= 4 is 36.0 Å². The van der Waals surface area contributed by atoms with Crippen LogP contribution in [0.15, 0.2) is 4.99 Å². The van der Waals surface area contributed by atoms with E-state index in [9.17, 15) is 4.79 Å². The van der Waals surface area contributed by atoms with Gasteiger partial charge in [0.2, 0.25) is 0 Å². The van der Waals surface area contributed by atoms with Gasteiger partial charge in [0.1, 0.15) is 5.60 Å². The highest BCUT2D eigenvalue weighted by molar-refractivity contribution is 14.0. The number of piperidine rings is 1. The Morgan fingerprint density at radius 1 is 1.19 bits per heavy atom. The van der Waals surface area contributed by atoms with Crippen LogP contribution in [0.5, 0.6) is 0 Å². The number of carbonyl (C=O) groups excluding carboxylic acids is 1. The fraction of sp³-hybridized carbons (Fsp3) is 0.895. The topological polar surface area (TPSA) is 57.2 Å². The lowest BCUT2D eigenvalue weighted by Crippen LogP contribution is -2.52. The van der Waals surface area contributed by atoms with E-state index in [1.165, 1.54) is 12.8 Å². The van der Waals surface area contributed by atoms with Gasteiger partial charge < -0.3 is 19.9 Å². The molecule has 2 aliphatic rings. The Morgan fingerprint density at radius 2 is 1.81 bits per heavy atom. The summed E-state index contributed by atoms with van der Waals surface area (Å²) in [5.41, 5.74) is -0.439. The monoisotopic (exact) mass is 480 g/mol. The molecule has 1 saturated heterocycles. The van der Waals surface area contributed by atoms with Crippen molar-refractivity contribution in [2.75, 3.05) is 32.7 Å². The Morgan fingerprint density at radius 3 is 2.27 bits per heavy atom. The number of nitrogens with zero attached hydrogens (tertiary/aromatic N) is 3. The van der Waals surface area contributed by atoms with Crippen LogP contribution in [0.2, 0.25) is 0 Å². The quantitative estimate of drug-likeness (QED) is 0.371. The first-order chi connectivity index (χ1) is 11.8. The van der Waals surface area contributed by atoms with E-state index in [1.807, 2.05) is 25.7 Å². The van der Waals surface area contributed by atoms with Gasteiger partial charge in [-0.2, -0.15) is 0 Å². The molecule has 2 fully saturated rings. The normalized spacial score (nSPS) is 19.0. The molecule has 0 spiro atoms. The molecule has 0 unspecified atom stereocenters. The largest absolute Gasteiger partial charge is 0.444 e. The van der Waals surface area contributed by atoms with Gasteiger partial charge in [-0.25, -0.2) is 4.79 Å². The third kappa shape index (κ3) is 7.48. The molecule has 1 aliphatic carbocycles. The van der Waals surface area contributed by atoms with Gasteiger partial charge in [0.15, 0.2) is 5.96 Å². The SMILES string of the molecule is CCN=C(NCC)N1CCC(N(CC2CC2)C(=O)OC(C)(C)C)CC1.I. The number of carbonyl (C=O) groups is 1. The van der Waals surface area contributed by atoms with E-state index < -0.39 is 5.60 Å². The fourth-order valence-electron chi connectivity index (χ4n) is 3.24. The van der Waals surface area contributed by atoms with Crippen LogP contribution in [0.4, 0.5) is 4.79 Å². The maximum Gasteiger partial charge on any atom is 0.410 e. The summed E-state index contributed by atoms with van der Waals surface area (Å²) in [5.74, 6) is 1.67. The first kappa shape index (κ1) is 23.3. The molecular weight excluding hydrogens is 443 g/mol. The first-order valence-electron chi connectivity index (χ1n) is 9.87. The van der Waals surface area contributed by atoms with Crippen molar-refractivity contribution in [3.8, 4) is 0 Å². The number of guanidine groups is 1. The van der Waals surface area contributed by atoms with Crippen molar-refractivity contribution in [3.05, 3.63) is 0 Å². The molecule has 2 rings (SSSR count). The number of halogens is 1. The number of aliphatic imine (C=N–C) groups is 1. The molecule has 6 nitrogen and oxygen atoms in total. The van der Waals surface area contributed by atoms with Crippen molar-refractivity contribution in [3.63, 3.8) is 0 Å². The minimum absolute atomic E-state index is 0. The Labute approximate surface area is 176 Å². The lowest BCUT2D eigenvalue weighted by atomic mass is 10.0. The molecule has 0 bridgehead atoms. The molecule has 0 atom stereocenters. The third-order valence-electron chi connectivity index (χ3n) is 4.63.